The van der Waals surface area contributed by atoms with Crippen LogP contribution in [0.25, 0.3) is 0 Å². The Morgan fingerprint density at radius 3 is 2.24 bits per heavy atom. The standard InChI is InChI=1S/C18H19FN2O4/c1-21(11-17(22)20-14-5-3-13(19)4-6-14)18(23)12-25-16-9-7-15(24-2)8-10-16/h3-10H,11-12H2,1-2H3,(H,20,22). The molecule has 0 aliphatic heterocycles. The molecule has 0 fully saturated rings. The minimum absolute atomic E-state index is 0.137. The van der Waals surface area contributed by atoms with Gasteiger partial charge in [-0.15, -0.1) is 0 Å². The highest BCUT2D eigenvalue weighted by Crippen LogP contribution is 2.17. The Balaban J connectivity index is 1.78. The Morgan fingerprint density at radius 1 is 1.04 bits per heavy atom. The van der Waals surface area contributed by atoms with Gasteiger partial charge in [-0.25, -0.2) is 4.39 Å². The molecule has 0 aliphatic carbocycles. The molecule has 0 unspecified atom stereocenters. The van der Waals surface area contributed by atoms with Crippen LogP contribution in [0.15, 0.2) is 48.5 Å². The number of amides is 2. The highest BCUT2D eigenvalue weighted by molar-refractivity contribution is 5.94. The fraction of sp³-hybridized carbons (Fsp3) is 0.222. The molecule has 25 heavy (non-hydrogen) atoms. The average Bonchev–Trinajstić information content (AvgIpc) is 2.62. The van der Waals surface area contributed by atoms with Crippen molar-refractivity contribution in [3.63, 3.8) is 0 Å². The second-order valence-electron chi connectivity index (χ2n) is 5.27. The number of methoxy groups -OCH3 is 1. The molecule has 0 heterocycles. The Morgan fingerprint density at radius 2 is 1.64 bits per heavy atom. The first kappa shape index (κ1) is 18.3. The minimum Gasteiger partial charge on any atom is -0.497 e. The Labute approximate surface area is 145 Å². The third kappa shape index (κ3) is 5.80. The van der Waals surface area contributed by atoms with Crippen LogP contribution >= 0.6 is 0 Å². The summed E-state index contributed by atoms with van der Waals surface area (Å²) < 4.78 is 23.2. The summed E-state index contributed by atoms with van der Waals surface area (Å²) in [5.74, 6) is 0.101. The van der Waals surface area contributed by atoms with Crippen LogP contribution in [0.1, 0.15) is 0 Å². The second-order valence-corrected chi connectivity index (χ2v) is 5.27. The molecule has 0 aromatic heterocycles. The van der Waals surface area contributed by atoms with Crippen LogP contribution in [0.4, 0.5) is 10.1 Å². The number of halogens is 1. The zero-order chi connectivity index (χ0) is 18.2. The molecule has 132 valence electrons. The molecule has 2 aromatic carbocycles. The number of ether oxygens (including phenoxy) is 2. The van der Waals surface area contributed by atoms with Gasteiger partial charge in [-0.1, -0.05) is 0 Å². The molecule has 2 rings (SSSR count). The fourth-order valence-corrected chi connectivity index (χ4v) is 1.96. The number of nitrogens with one attached hydrogen (secondary N) is 1. The van der Waals surface area contributed by atoms with Gasteiger partial charge in [0.25, 0.3) is 5.91 Å². The average molecular weight is 346 g/mol. The molecule has 0 spiro atoms. The third-order valence-corrected chi connectivity index (χ3v) is 3.36. The SMILES string of the molecule is COc1ccc(OCC(=O)N(C)CC(=O)Nc2ccc(F)cc2)cc1. The van der Waals surface area contributed by atoms with Crippen LogP contribution in [-0.2, 0) is 9.59 Å². The molecule has 7 heteroatoms. The largest absolute Gasteiger partial charge is 0.497 e. The predicted octanol–water partition coefficient (Wildman–Crippen LogP) is 2.31. The summed E-state index contributed by atoms with van der Waals surface area (Å²) in [6, 6.07) is 12.2. The summed E-state index contributed by atoms with van der Waals surface area (Å²) in [7, 11) is 3.06. The lowest BCUT2D eigenvalue weighted by atomic mass is 10.3. The van der Waals surface area contributed by atoms with Crippen molar-refractivity contribution in [2.75, 3.05) is 32.6 Å². The normalized spacial score (nSPS) is 10.0. The van der Waals surface area contributed by atoms with E-state index in [2.05, 4.69) is 5.32 Å². The van der Waals surface area contributed by atoms with E-state index in [1.807, 2.05) is 0 Å². The topological polar surface area (TPSA) is 67.9 Å². The number of benzene rings is 2. The van der Waals surface area contributed by atoms with Crippen LogP contribution < -0.4 is 14.8 Å². The van der Waals surface area contributed by atoms with E-state index in [9.17, 15) is 14.0 Å². The maximum atomic E-state index is 12.8. The minimum atomic E-state index is -0.388. The van der Waals surface area contributed by atoms with Crippen molar-refractivity contribution < 1.29 is 23.5 Å². The van der Waals surface area contributed by atoms with Crippen molar-refractivity contribution in [1.82, 2.24) is 4.90 Å². The zero-order valence-corrected chi connectivity index (χ0v) is 14.0. The molecule has 0 saturated carbocycles. The van der Waals surface area contributed by atoms with Crippen molar-refractivity contribution in [2.45, 2.75) is 0 Å². The quantitative estimate of drug-likeness (QED) is 0.835. The number of nitrogens with zero attached hydrogens (tertiary/aromatic N) is 1. The van der Waals surface area contributed by atoms with Crippen LogP contribution in [0.2, 0.25) is 0 Å². The van der Waals surface area contributed by atoms with Gasteiger partial charge >= 0.3 is 0 Å². The first-order valence-corrected chi connectivity index (χ1v) is 7.54. The van der Waals surface area contributed by atoms with Crippen LogP contribution in [0.5, 0.6) is 11.5 Å². The Kier molecular flexibility index (Phi) is 6.33. The van der Waals surface area contributed by atoms with Gasteiger partial charge in [-0.3, -0.25) is 9.59 Å². The molecule has 1 N–H and O–H groups in total. The number of hydrogen-bond donors (Lipinski definition) is 1. The number of hydrogen-bond acceptors (Lipinski definition) is 4. The lowest BCUT2D eigenvalue weighted by Gasteiger charge is -2.17. The van der Waals surface area contributed by atoms with Crippen LogP contribution in [-0.4, -0.2) is 44.0 Å². The van der Waals surface area contributed by atoms with Crippen molar-refractivity contribution in [1.29, 1.82) is 0 Å². The number of likely N-dealkylation sites (N-methyl/N-ethyl adjacent to an activating group) is 1. The van der Waals surface area contributed by atoms with Gasteiger partial charge < -0.3 is 19.7 Å². The van der Waals surface area contributed by atoms with E-state index in [-0.39, 0.29) is 30.8 Å². The van der Waals surface area contributed by atoms with E-state index >= 15 is 0 Å². The van der Waals surface area contributed by atoms with Crippen molar-refractivity contribution in [3.05, 3.63) is 54.3 Å². The highest BCUT2D eigenvalue weighted by Gasteiger charge is 2.14. The number of carbonyl (C=O) groups is 2. The number of anilines is 1. The van der Waals surface area contributed by atoms with Crippen molar-refractivity contribution in [3.8, 4) is 11.5 Å². The highest BCUT2D eigenvalue weighted by atomic mass is 19.1. The smallest absolute Gasteiger partial charge is 0.260 e. The lowest BCUT2D eigenvalue weighted by molar-refractivity contribution is -0.135. The maximum Gasteiger partial charge on any atom is 0.260 e. The van der Waals surface area contributed by atoms with Gasteiger partial charge in [0.05, 0.1) is 13.7 Å². The monoisotopic (exact) mass is 346 g/mol. The molecular weight excluding hydrogens is 327 g/mol. The van der Waals surface area contributed by atoms with E-state index in [0.29, 0.717) is 17.2 Å². The van der Waals surface area contributed by atoms with E-state index in [0.717, 1.165) is 0 Å². The first-order chi connectivity index (χ1) is 12.0. The van der Waals surface area contributed by atoms with Gasteiger partial charge in [-0.05, 0) is 48.5 Å². The summed E-state index contributed by atoms with van der Waals surface area (Å²) >= 11 is 0. The zero-order valence-electron chi connectivity index (χ0n) is 14.0. The van der Waals surface area contributed by atoms with Gasteiger partial charge in [-0.2, -0.15) is 0 Å². The van der Waals surface area contributed by atoms with Crippen LogP contribution in [0, 0.1) is 5.82 Å². The third-order valence-electron chi connectivity index (χ3n) is 3.36. The summed E-state index contributed by atoms with van der Waals surface area (Å²) in [6.45, 7) is -0.325. The van der Waals surface area contributed by atoms with Gasteiger partial charge in [0.2, 0.25) is 5.91 Å². The summed E-state index contributed by atoms with van der Waals surface area (Å²) in [6.07, 6.45) is 0. The molecular formula is C18H19FN2O4. The van der Waals surface area contributed by atoms with Crippen molar-refractivity contribution >= 4 is 17.5 Å². The number of rotatable bonds is 7. The predicted molar refractivity (Wildman–Crippen MR) is 91.2 cm³/mol. The summed E-state index contributed by atoms with van der Waals surface area (Å²) in [4.78, 5) is 25.2. The molecule has 0 bridgehead atoms. The molecule has 2 amide bonds. The summed E-state index contributed by atoms with van der Waals surface area (Å²) in [5, 5.41) is 2.59. The molecule has 2 aromatic rings. The fourth-order valence-electron chi connectivity index (χ4n) is 1.96. The molecule has 0 saturated heterocycles. The Bertz CT molecular complexity index is 717. The van der Waals surface area contributed by atoms with Crippen molar-refractivity contribution in [2.24, 2.45) is 0 Å². The molecule has 0 radical (unpaired) electrons. The summed E-state index contributed by atoms with van der Waals surface area (Å²) in [5.41, 5.74) is 0.460. The Hall–Kier alpha value is -3.09. The van der Waals surface area contributed by atoms with Crippen LogP contribution in [0.3, 0.4) is 0 Å². The molecule has 0 aliphatic rings. The van der Waals surface area contributed by atoms with Gasteiger partial charge in [0.1, 0.15) is 17.3 Å². The molecule has 6 nitrogen and oxygen atoms in total. The van der Waals surface area contributed by atoms with Gasteiger partial charge in [0, 0.05) is 12.7 Å². The number of carbonyl (C=O) groups excluding carboxylic acids is 2. The van der Waals surface area contributed by atoms with E-state index in [1.54, 1.807) is 31.4 Å². The maximum absolute atomic E-state index is 12.8. The second kappa shape index (κ2) is 8.68. The van der Waals surface area contributed by atoms with E-state index in [4.69, 9.17) is 9.47 Å². The van der Waals surface area contributed by atoms with E-state index in [1.165, 1.54) is 36.2 Å². The first-order valence-electron chi connectivity index (χ1n) is 7.54. The lowest BCUT2D eigenvalue weighted by Crippen LogP contribution is -2.37. The molecule has 0 atom stereocenters. The van der Waals surface area contributed by atoms with Gasteiger partial charge in [0.15, 0.2) is 6.61 Å². The van der Waals surface area contributed by atoms with E-state index < -0.39 is 0 Å².